The van der Waals surface area contributed by atoms with Crippen LogP contribution >= 0.6 is 0 Å². The molecule has 0 aromatic heterocycles. The van der Waals surface area contributed by atoms with Crippen LogP contribution in [0, 0.1) is 20.8 Å². The van der Waals surface area contributed by atoms with Crippen LogP contribution in [0.5, 0.6) is 5.75 Å². The van der Waals surface area contributed by atoms with E-state index in [0.29, 0.717) is 13.0 Å². The lowest BCUT2D eigenvalue weighted by Crippen LogP contribution is -2.30. The Labute approximate surface area is 151 Å². The quantitative estimate of drug-likeness (QED) is 0.695. The van der Waals surface area contributed by atoms with Gasteiger partial charge in [0.2, 0.25) is 10.0 Å². The summed E-state index contributed by atoms with van der Waals surface area (Å²) in [6.07, 6.45) is 1.37. The van der Waals surface area contributed by atoms with Gasteiger partial charge in [-0.15, -0.1) is 0 Å². The van der Waals surface area contributed by atoms with Crippen LogP contribution in [0.4, 0.5) is 0 Å². The van der Waals surface area contributed by atoms with E-state index in [1.807, 2.05) is 51.1 Å². The van der Waals surface area contributed by atoms with Crippen LogP contribution in [0.15, 0.2) is 42.5 Å². The van der Waals surface area contributed by atoms with Gasteiger partial charge < -0.3 is 4.74 Å². The lowest BCUT2D eigenvalue weighted by atomic mass is 10.1. The minimum Gasteiger partial charge on any atom is -0.492 e. The first kappa shape index (κ1) is 19.5. The van der Waals surface area contributed by atoms with Gasteiger partial charge in [-0.1, -0.05) is 48.0 Å². The number of hydrogen-bond acceptors (Lipinski definition) is 3. The van der Waals surface area contributed by atoms with Gasteiger partial charge in [-0.3, -0.25) is 0 Å². The monoisotopic (exact) mass is 361 g/mol. The van der Waals surface area contributed by atoms with Crippen molar-refractivity contribution in [3.05, 3.63) is 64.7 Å². The molecule has 25 heavy (non-hydrogen) atoms. The van der Waals surface area contributed by atoms with Gasteiger partial charge in [-0.2, -0.15) is 0 Å². The summed E-state index contributed by atoms with van der Waals surface area (Å²) < 4.78 is 32.5. The zero-order chi connectivity index (χ0) is 18.3. The summed E-state index contributed by atoms with van der Waals surface area (Å²) in [5.74, 6) is 0.971. The average Bonchev–Trinajstić information content (AvgIpc) is 2.54. The van der Waals surface area contributed by atoms with Crippen molar-refractivity contribution < 1.29 is 13.2 Å². The van der Waals surface area contributed by atoms with Gasteiger partial charge in [0.05, 0.1) is 5.75 Å². The Morgan fingerprint density at radius 1 is 1.00 bits per heavy atom. The molecule has 0 aliphatic rings. The topological polar surface area (TPSA) is 55.4 Å². The normalized spacial score (nSPS) is 11.5. The molecule has 0 unspecified atom stereocenters. The summed E-state index contributed by atoms with van der Waals surface area (Å²) in [5, 5.41) is 0. The summed E-state index contributed by atoms with van der Waals surface area (Å²) in [7, 11) is -3.26. The molecule has 2 rings (SSSR count). The highest BCUT2D eigenvalue weighted by Gasteiger charge is 2.10. The number of benzene rings is 2. The van der Waals surface area contributed by atoms with Gasteiger partial charge in [0.25, 0.3) is 0 Å². The molecule has 0 heterocycles. The summed E-state index contributed by atoms with van der Waals surface area (Å²) >= 11 is 0. The van der Waals surface area contributed by atoms with E-state index >= 15 is 0 Å². The molecule has 0 bridgehead atoms. The summed E-state index contributed by atoms with van der Waals surface area (Å²) in [6, 6.07) is 14.1. The van der Waals surface area contributed by atoms with E-state index in [2.05, 4.69) is 16.9 Å². The van der Waals surface area contributed by atoms with Crippen LogP contribution in [0.2, 0.25) is 0 Å². The Balaban J connectivity index is 1.73. The molecule has 0 spiro atoms. The van der Waals surface area contributed by atoms with Crippen molar-refractivity contribution in [2.75, 3.05) is 18.9 Å². The molecule has 0 atom stereocenters. The van der Waals surface area contributed by atoms with Crippen molar-refractivity contribution in [2.24, 2.45) is 0 Å². The third-order valence-corrected chi connectivity index (χ3v) is 5.47. The van der Waals surface area contributed by atoms with Crippen LogP contribution in [-0.4, -0.2) is 27.3 Å². The standard InChI is InChI=1S/C20H27NO3S/c1-16-14-17(2)20(18(3)15-16)24-12-11-21-25(22,23)13-7-10-19-8-5-4-6-9-19/h4-6,8-9,14-15,21H,7,10-13H2,1-3H3. The van der Waals surface area contributed by atoms with Gasteiger partial charge in [0.15, 0.2) is 0 Å². The molecule has 2 aromatic rings. The second-order valence-corrected chi connectivity index (χ2v) is 8.31. The Bertz CT molecular complexity index is 763. The van der Waals surface area contributed by atoms with Gasteiger partial charge in [-0.25, -0.2) is 13.1 Å². The predicted octanol–water partition coefficient (Wildman–Crippen LogP) is 3.54. The molecule has 0 saturated carbocycles. The fourth-order valence-corrected chi connectivity index (χ4v) is 3.99. The maximum atomic E-state index is 12.0. The molecule has 0 saturated heterocycles. The van der Waals surface area contributed by atoms with Crippen molar-refractivity contribution in [2.45, 2.75) is 33.6 Å². The number of rotatable bonds is 9. The molecular formula is C20H27NO3S. The van der Waals surface area contributed by atoms with Crippen LogP contribution < -0.4 is 9.46 Å². The van der Waals surface area contributed by atoms with Crippen LogP contribution in [0.1, 0.15) is 28.7 Å². The van der Waals surface area contributed by atoms with E-state index in [1.54, 1.807) is 0 Å². The Morgan fingerprint density at radius 3 is 2.28 bits per heavy atom. The van der Waals surface area contributed by atoms with E-state index in [1.165, 1.54) is 5.56 Å². The van der Waals surface area contributed by atoms with Crippen molar-refractivity contribution in [3.63, 3.8) is 0 Å². The Hall–Kier alpha value is -1.85. The first-order chi connectivity index (χ1) is 11.9. The summed E-state index contributed by atoms with van der Waals surface area (Å²) in [4.78, 5) is 0. The maximum Gasteiger partial charge on any atom is 0.211 e. The van der Waals surface area contributed by atoms with Crippen molar-refractivity contribution in [1.82, 2.24) is 4.72 Å². The maximum absolute atomic E-state index is 12.0. The van der Waals surface area contributed by atoms with Crippen molar-refractivity contribution in [1.29, 1.82) is 0 Å². The van der Waals surface area contributed by atoms with Gasteiger partial charge >= 0.3 is 0 Å². The second-order valence-electron chi connectivity index (χ2n) is 6.38. The largest absolute Gasteiger partial charge is 0.492 e. The predicted molar refractivity (Wildman–Crippen MR) is 103 cm³/mol. The Morgan fingerprint density at radius 2 is 1.64 bits per heavy atom. The van der Waals surface area contributed by atoms with Crippen LogP contribution in [0.3, 0.4) is 0 Å². The molecule has 0 aliphatic carbocycles. The van der Waals surface area contributed by atoms with Gasteiger partial charge in [-0.05, 0) is 50.3 Å². The zero-order valence-electron chi connectivity index (χ0n) is 15.2. The molecule has 4 nitrogen and oxygen atoms in total. The molecule has 5 heteroatoms. The highest BCUT2D eigenvalue weighted by molar-refractivity contribution is 7.89. The number of aryl methyl sites for hydroxylation is 4. The van der Waals surface area contributed by atoms with E-state index < -0.39 is 10.0 Å². The molecule has 0 amide bonds. The summed E-state index contributed by atoms with van der Waals surface area (Å²) in [6.45, 7) is 6.66. The lowest BCUT2D eigenvalue weighted by Gasteiger charge is -2.13. The number of ether oxygens (including phenoxy) is 1. The smallest absolute Gasteiger partial charge is 0.211 e. The van der Waals surface area contributed by atoms with Crippen molar-refractivity contribution >= 4 is 10.0 Å². The third kappa shape index (κ3) is 6.52. The molecular weight excluding hydrogens is 334 g/mol. The first-order valence-electron chi connectivity index (χ1n) is 8.59. The van der Waals surface area contributed by atoms with E-state index in [4.69, 9.17) is 4.74 Å². The van der Waals surface area contributed by atoms with E-state index in [-0.39, 0.29) is 12.3 Å². The number of sulfonamides is 1. The fraction of sp³-hybridized carbons (Fsp3) is 0.400. The minimum absolute atomic E-state index is 0.129. The Kier molecular flexibility index (Phi) is 7.02. The zero-order valence-corrected chi connectivity index (χ0v) is 16.0. The fourth-order valence-electron chi connectivity index (χ4n) is 2.93. The average molecular weight is 362 g/mol. The summed E-state index contributed by atoms with van der Waals surface area (Å²) in [5.41, 5.74) is 4.50. The molecule has 2 aromatic carbocycles. The third-order valence-electron chi connectivity index (χ3n) is 4.00. The molecule has 0 aliphatic heterocycles. The number of hydrogen-bond donors (Lipinski definition) is 1. The van der Waals surface area contributed by atoms with Gasteiger partial charge in [0, 0.05) is 6.54 Å². The van der Waals surface area contributed by atoms with E-state index in [9.17, 15) is 8.42 Å². The second kappa shape index (κ2) is 9.02. The van der Waals surface area contributed by atoms with Gasteiger partial charge in [0.1, 0.15) is 12.4 Å². The highest BCUT2D eigenvalue weighted by atomic mass is 32.2. The SMILES string of the molecule is Cc1cc(C)c(OCCNS(=O)(=O)CCCc2ccccc2)c(C)c1. The molecule has 136 valence electrons. The highest BCUT2D eigenvalue weighted by Crippen LogP contribution is 2.24. The first-order valence-corrected chi connectivity index (χ1v) is 10.2. The van der Waals surface area contributed by atoms with Crippen LogP contribution in [0.25, 0.3) is 0 Å². The number of nitrogens with one attached hydrogen (secondary N) is 1. The minimum atomic E-state index is -3.26. The van der Waals surface area contributed by atoms with Crippen molar-refractivity contribution in [3.8, 4) is 5.75 Å². The van der Waals surface area contributed by atoms with Crippen LogP contribution in [-0.2, 0) is 16.4 Å². The molecule has 0 radical (unpaired) electrons. The van der Waals surface area contributed by atoms with E-state index in [0.717, 1.165) is 28.9 Å². The molecule has 1 N–H and O–H groups in total. The molecule has 0 fully saturated rings. The lowest BCUT2D eigenvalue weighted by molar-refractivity contribution is 0.318.